The Labute approximate surface area is 207 Å². The molecule has 0 saturated carbocycles. The van der Waals surface area contributed by atoms with Crippen molar-refractivity contribution < 1.29 is 4.74 Å². The molecule has 0 radical (unpaired) electrons. The highest BCUT2D eigenvalue weighted by atomic mass is 127. The Morgan fingerprint density at radius 2 is 1.91 bits per heavy atom. The summed E-state index contributed by atoms with van der Waals surface area (Å²) < 4.78 is 8.96. The van der Waals surface area contributed by atoms with Crippen molar-refractivity contribution in [2.75, 3.05) is 20.7 Å². The predicted octanol–water partition coefficient (Wildman–Crippen LogP) is 3.95. The molecule has 174 valence electrons. The molecule has 3 aromatic rings. The number of halogens is 1. The van der Waals surface area contributed by atoms with E-state index in [0.717, 1.165) is 41.9 Å². The van der Waals surface area contributed by atoms with Gasteiger partial charge in [-0.3, -0.25) is 4.68 Å². The van der Waals surface area contributed by atoms with Gasteiger partial charge in [0.15, 0.2) is 5.96 Å². The summed E-state index contributed by atoms with van der Waals surface area (Å²) >= 11 is 0. The smallest absolute Gasteiger partial charge is 0.194 e. The zero-order valence-electron chi connectivity index (χ0n) is 19.7. The van der Waals surface area contributed by atoms with Gasteiger partial charge in [0.2, 0.25) is 0 Å². The number of aromatic nitrogens is 4. The van der Waals surface area contributed by atoms with Gasteiger partial charge in [-0.25, -0.2) is 9.67 Å². The zero-order valence-corrected chi connectivity index (χ0v) is 22.1. The van der Waals surface area contributed by atoms with Crippen LogP contribution in [0.1, 0.15) is 43.6 Å². The highest BCUT2D eigenvalue weighted by molar-refractivity contribution is 14.0. The second kappa shape index (κ2) is 11.9. The standard InChI is InChI=1S/C23H33N7O.HI/c1-7-24-23(28(4)15-18-16-29(5)27-22(18)17(2)3)25-14-19-12-13-30(26-19)20-8-10-21(31-6)11-9-20;/h8-13,16-17H,7,14-15H2,1-6H3,(H,24,25);1H. The van der Waals surface area contributed by atoms with Gasteiger partial charge in [0.1, 0.15) is 5.75 Å². The molecule has 8 nitrogen and oxygen atoms in total. The molecule has 0 amide bonds. The molecule has 0 fully saturated rings. The second-order valence-corrected chi connectivity index (χ2v) is 7.84. The molecular weight excluding hydrogens is 517 g/mol. The number of nitrogens with one attached hydrogen (secondary N) is 1. The van der Waals surface area contributed by atoms with Crippen LogP contribution >= 0.6 is 24.0 Å². The monoisotopic (exact) mass is 551 g/mol. The lowest BCUT2D eigenvalue weighted by atomic mass is 10.1. The van der Waals surface area contributed by atoms with Crippen molar-refractivity contribution in [3.05, 3.63) is 59.7 Å². The van der Waals surface area contributed by atoms with Crippen molar-refractivity contribution >= 4 is 29.9 Å². The first-order valence-electron chi connectivity index (χ1n) is 10.6. The number of hydrogen-bond donors (Lipinski definition) is 1. The summed E-state index contributed by atoms with van der Waals surface area (Å²) in [6.45, 7) is 8.46. The minimum absolute atomic E-state index is 0. The number of nitrogens with zero attached hydrogens (tertiary/aromatic N) is 6. The number of guanidine groups is 1. The molecule has 1 aromatic carbocycles. The van der Waals surface area contributed by atoms with E-state index >= 15 is 0 Å². The number of aliphatic imine (C=N–C) groups is 1. The number of ether oxygens (including phenoxy) is 1. The highest BCUT2D eigenvalue weighted by Crippen LogP contribution is 2.19. The Hall–Kier alpha value is -2.56. The minimum atomic E-state index is 0. The van der Waals surface area contributed by atoms with Crippen molar-refractivity contribution in [3.8, 4) is 11.4 Å². The van der Waals surface area contributed by atoms with Gasteiger partial charge in [0.25, 0.3) is 0 Å². The summed E-state index contributed by atoms with van der Waals surface area (Å²) in [5.74, 6) is 2.05. The Bertz CT molecular complexity index is 1010. The highest BCUT2D eigenvalue weighted by Gasteiger charge is 2.15. The number of benzene rings is 1. The number of methoxy groups -OCH3 is 1. The Morgan fingerprint density at radius 1 is 1.19 bits per heavy atom. The van der Waals surface area contributed by atoms with Crippen molar-refractivity contribution in [2.45, 2.75) is 39.8 Å². The fourth-order valence-corrected chi connectivity index (χ4v) is 3.44. The fraction of sp³-hybridized carbons (Fsp3) is 0.435. The van der Waals surface area contributed by atoms with Crippen molar-refractivity contribution in [3.63, 3.8) is 0 Å². The van der Waals surface area contributed by atoms with E-state index in [0.29, 0.717) is 12.5 Å². The number of hydrogen-bond acceptors (Lipinski definition) is 4. The van der Waals surface area contributed by atoms with Gasteiger partial charge in [-0.2, -0.15) is 10.2 Å². The van der Waals surface area contributed by atoms with E-state index in [1.807, 2.05) is 52.9 Å². The van der Waals surface area contributed by atoms with E-state index in [4.69, 9.17) is 9.73 Å². The van der Waals surface area contributed by atoms with Gasteiger partial charge in [-0.1, -0.05) is 13.8 Å². The zero-order chi connectivity index (χ0) is 22.4. The third kappa shape index (κ3) is 6.47. The lowest BCUT2D eigenvalue weighted by Gasteiger charge is -2.22. The van der Waals surface area contributed by atoms with Crippen LogP contribution in [0.4, 0.5) is 0 Å². The van der Waals surface area contributed by atoms with Gasteiger partial charge in [-0.15, -0.1) is 24.0 Å². The lowest BCUT2D eigenvalue weighted by molar-refractivity contribution is 0.414. The van der Waals surface area contributed by atoms with Crippen molar-refractivity contribution in [1.82, 2.24) is 29.8 Å². The summed E-state index contributed by atoms with van der Waals surface area (Å²) in [6.07, 6.45) is 4.04. The lowest BCUT2D eigenvalue weighted by Crippen LogP contribution is -2.38. The first-order valence-corrected chi connectivity index (χ1v) is 10.6. The molecule has 0 atom stereocenters. The molecule has 32 heavy (non-hydrogen) atoms. The molecule has 0 saturated heterocycles. The van der Waals surface area contributed by atoms with Gasteiger partial charge in [0.05, 0.1) is 30.7 Å². The molecule has 0 unspecified atom stereocenters. The third-order valence-electron chi connectivity index (χ3n) is 4.96. The Morgan fingerprint density at radius 3 is 2.53 bits per heavy atom. The van der Waals surface area contributed by atoms with Crippen LogP contribution in [0.3, 0.4) is 0 Å². The van der Waals surface area contributed by atoms with Crippen LogP contribution in [0.25, 0.3) is 5.69 Å². The average molecular weight is 551 g/mol. The predicted molar refractivity (Wildman–Crippen MR) is 139 cm³/mol. The molecule has 0 aliphatic carbocycles. The van der Waals surface area contributed by atoms with Gasteiger partial charge in [-0.05, 0) is 43.2 Å². The van der Waals surface area contributed by atoms with Crippen LogP contribution in [0.2, 0.25) is 0 Å². The largest absolute Gasteiger partial charge is 0.497 e. The van der Waals surface area contributed by atoms with E-state index in [1.54, 1.807) is 7.11 Å². The quantitative estimate of drug-likeness (QED) is 0.261. The first kappa shape index (κ1) is 25.7. The van der Waals surface area contributed by atoms with Crippen LogP contribution in [0.15, 0.2) is 47.7 Å². The van der Waals surface area contributed by atoms with Crippen LogP contribution in [-0.4, -0.2) is 51.1 Å². The fourth-order valence-electron chi connectivity index (χ4n) is 3.44. The second-order valence-electron chi connectivity index (χ2n) is 7.84. The Balaban J connectivity index is 0.00000363. The van der Waals surface area contributed by atoms with Crippen LogP contribution < -0.4 is 10.1 Å². The summed E-state index contributed by atoms with van der Waals surface area (Å²) in [7, 11) is 5.68. The topological polar surface area (TPSA) is 72.5 Å². The van der Waals surface area contributed by atoms with Crippen LogP contribution in [0, 0.1) is 0 Å². The molecular formula is C23H34IN7O. The maximum absolute atomic E-state index is 5.22. The van der Waals surface area contributed by atoms with E-state index in [1.165, 1.54) is 5.56 Å². The molecule has 9 heteroatoms. The number of rotatable bonds is 8. The Kier molecular flexibility index (Phi) is 9.55. The molecule has 2 aromatic heterocycles. The van der Waals surface area contributed by atoms with Gasteiger partial charge < -0.3 is 15.0 Å². The van der Waals surface area contributed by atoms with Gasteiger partial charge >= 0.3 is 0 Å². The molecule has 1 N–H and O–H groups in total. The van der Waals surface area contributed by atoms with Crippen LogP contribution in [-0.2, 0) is 20.1 Å². The summed E-state index contributed by atoms with van der Waals surface area (Å²) in [5.41, 5.74) is 4.24. The van der Waals surface area contributed by atoms with E-state index in [-0.39, 0.29) is 24.0 Å². The molecule has 2 heterocycles. The molecule has 0 aliphatic rings. The molecule has 0 aliphatic heterocycles. The van der Waals surface area contributed by atoms with Crippen molar-refractivity contribution in [2.24, 2.45) is 12.0 Å². The van der Waals surface area contributed by atoms with Crippen LogP contribution in [0.5, 0.6) is 5.75 Å². The minimum Gasteiger partial charge on any atom is -0.497 e. The number of aryl methyl sites for hydroxylation is 1. The molecule has 3 rings (SSSR count). The summed E-state index contributed by atoms with van der Waals surface area (Å²) in [4.78, 5) is 6.94. The first-order chi connectivity index (χ1) is 14.9. The normalized spacial score (nSPS) is 11.4. The average Bonchev–Trinajstić information content (AvgIpc) is 3.37. The maximum atomic E-state index is 5.22. The third-order valence-corrected chi connectivity index (χ3v) is 4.96. The summed E-state index contributed by atoms with van der Waals surface area (Å²) in [6, 6.07) is 9.82. The van der Waals surface area contributed by atoms with E-state index < -0.39 is 0 Å². The molecule has 0 spiro atoms. The maximum Gasteiger partial charge on any atom is 0.194 e. The van der Waals surface area contributed by atoms with E-state index in [9.17, 15) is 0 Å². The van der Waals surface area contributed by atoms with E-state index in [2.05, 4.69) is 54.4 Å². The van der Waals surface area contributed by atoms with Gasteiger partial charge in [0, 0.05) is 45.1 Å². The molecule has 0 bridgehead atoms. The summed E-state index contributed by atoms with van der Waals surface area (Å²) in [5, 5.41) is 12.7. The SMILES string of the molecule is CCNC(=NCc1ccn(-c2ccc(OC)cc2)n1)N(C)Cc1cn(C)nc1C(C)C.I. The van der Waals surface area contributed by atoms with Crippen molar-refractivity contribution in [1.29, 1.82) is 0 Å².